The Morgan fingerprint density at radius 3 is 2.77 bits per heavy atom. The zero-order valence-corrected chi connectivity index (χ0v) is 13.9. The summed E-state index contributed by atoms with van der Waals surface area (Å²) in [7, 11) is 0. The molecule has 1 fully saturated rings. The summed E-state index contributed by atoms with van der Waals surface area (Å²) in [4.78, 5) is 16.4. The number of hydrogen-bond acceptors (Lipinski definition) is 2. The van der Waals surface area contributed by atoms with Gasteiger partial charge in [-0.1, -0.05) is 45.1 Å². The van der Waals surface area contributed by atoms with Crippen LogP contribution in [-0.4, -0.2) is 10.8 Å². The molecule has 2 unspecified atom stereocenters. The van der Waals surface area contributed by atoms with E-state index in [-0.39, 0.29) is 0 Å². The number of rotatable bonds is 6. The molecule has 1 saturated carbocycles. The van der Waals surface area contributed by atoms with Gasteiger partial charge in [0.1, 0.15) is 5.78 Å². The van der Waals surface area contributed by atoms with E-state index < -0.39 is 0 Å². The zero-order valence-electron chi connectivity index (χ0n) is 13.9. The Morgan fingerprint density at radius 2 is 2.00 bits per heavy atom. The highest BCUT2D eigenvalue weighted by Gasteiger charge is 2.26. The molecule has 2 aliphatic rings. The van der Waals surface area contributed by atoms with E-state index in [1.54, 1.807) is 0 Å². The maximum Gasteiger partial charge on any atom is 0.133 e. The van der Waals surface area contributed by atoms with E-state index in [0.717, 1.165) is 25.2 Å². The molecule has 1 aromatic rings. The van der Waals surface area contributed by atoms with Crippen molar-refractivity contribution in [2.45, 2.75) is 83.5 Å². The number of Topliss-reactive ketones (excluding diaryl/α,β-unsaturated/α-hetero) is 1. The normalized spacial score (nSPS) is 24.5. The molecular weight excluding hydrogens is 270 g/mol. The average molecular weight is 299 g/mol. The van der Waals surface area contributed by atoms with Crippen molar-refractivity contribution in [3.05, 3.63) is 29.1 Å². The third kappa shape index (κ3) is 3.77. The van der Waals surface area contributed by atoms with Gasteiger partial charge in [-0.2, -0.15) is 0 Å². The summed E-state index contributed by atoms with van der Waals surface area (Å²) in [6.07, 6.45) is 13.0. The van der Waals surface area contributed by atoms with Crippen LogP contribution in [0.25, 0.3) is 0 Å². The topological polar surface area (TPSA) is 30.0 Å². The summed E-state index contributed by atoms with van der Waals surface area (Å²) in [6.45, 7) is 2.28. The molecule has 2 heteroatoms. The zero-order chi connectivity index (χ0) is 15.4. The van der Waals surface area contributed by atoms with Gasteiger partial charge in [0.05, 0.1) is 0 Å². The van der Waals surface area contributed by atoms with Crippen molar-refractivity contribution in [1.29, 1.82) is 0 Å². The van der Waals surface area contributed by atoms with Crippen LogP contribution in [0.1, 0.15) is 87.6 Å². The molecule has 2 aliphatic carbocycles. The SMILES string of the molecule is CCCCCCC1CCc2nc(C3CCC(=O)C3)ccc2C1. The Kier molecular flexibility index (Phi) is 5.28. The Morgan fingerprint density at radius 1 is 1.09 bits per heavy atom. The molecule has 0 aliphatic heterocycles. The van der Waals surface area contributed by atoms with Crippen LogP contribution in [0.5, 0.6) is 0 Å². The second-order valence-electron chi connectivity index (χ2n) is 7.28. The van der Waals surface area contributed by atoms with Crippen molar-refractivity contribution in [1.82, 2.24) is 4.98 Å². The minimum Gasteiger partial charge on any atom is -0.300 e. The molecule has 3 rings (SSSR count). The summed E-state index contributed by atoms with van der Waals surface area (Å²) in [5, 5.41) is 0. The summed E-state index contributed by atoms with van der Waals surface area (Å²) in [5.74, 6) is 1.67. The maximum absolute atomic E-state index is 11.5. The Hall–Kier alpha value is -1.18. The number of carbonyl (C=O) groups excluding carboxylic acids is 1. The first kappa shape index (κ1) is 15.7. The molecule has 0 N–H and O–H groups in total. The lowest BCUT2D eigenvalue weighted by Crippen LogP contribution is -2.16. The molecule has 120 valence electrons. The van der Waals surface area contributed by atoms with Gasteiger partial charge in [0.25, 0.3) is 0 Å². The van der Waals surface area contributed by atoms with Gasteiger partial charge in [-0.25, -0.2) is 0 Å². The first-order valence-electron chi connectivity index (χ1n) is 9.26. The molecule has 0 saturated heterocycles. The van der Waals surface area contributed by atoms with Gasteiger partial charge in [0.2, 0.25) is 0 Å². The molecule has 0 bridgehead atoms. The van der Waals surface area contributed by atoms with Crippen molar-refractivity contribution in [2.24, 2.45) is 5.92 Å². The summed E-state index contributed by atoms with van der Waals surface area (Å²) in [5.41, 5.74) is 3.97. The minimum absolute atomic E-state index is 0.393. The maximum atomic E-state index is 11.5. The second-order valence-corrected chi connectivity index (χ2v) is 7.28. The van der Waals surface area contributed by atoms with E-state index in [2.05, 4.69) is 19.1 Å². The van der Waals surface area contributed by atoms with Gasteiger partial charge >= 0.3 is 0 Å². The fourth-order valence-corrected chi connectivity index (χ4v) is 4.10. The van der Waals surface area contributed by atoms with Gasteiger partial charge in [-0.05, 0) is 43.2 Å². The standard InChI is InChI=1S/C20H29NO/c1-2-3-4-5-6-15-7-11-19-16(13-15)9-12-20(21-19)17-8-10-18(22)14-17/h9,12,15,17H,2-8,10-11,13-14H2,1H3. The number of fused-ring (bicyclic) bond motifs is 1. The molecular formula is C20H29NO. The summed E-state index contributed by atoms with van der Waals surface area (Å²) < 4.78 is 0. The number of pyridine rings is 1. The number of ketones is 1. The lowest BCUT2D eigenvalue weighted by Gasteiger charge is -2.25. The molecule has 22 heavy (non-hydrogen) atoms. The smallest absolute Gasteiger partial charge is 0.133 e. The monoisotopic (exact) mass is 299 g/mol. The first-order chi connectivity index (χ1) is 10.8. The van der Waals surface area contributed by atoms with Crippen LogP contribution in [0, 0.1) is 5.92 Å². The lowest BCUT2D eigenvalue weighted by molar-refractivity contribution is -0.117. The van der Waals surface area contributed by atoms with E-state index in [0.29, 0.717) is 18.1 Å². The van der Waals surface area contributed by atoms with Crippen LogP contribution < -0.4 is 0 Å². The molecule has 2 nitrogen and oxygen atoms in total. The highest BCUT2D eigenvalue weighted by atomic mass is 16.1. The predicted molar refractivity (Wildman–Crippen MR) is 90.1 cm³/mol. The van der Waals surface area contributed by atoms with Gasteiger partial charge in [-0.3, -0.25) is 9.78 Å². The van der Waals surface area contributed by atoms with Gasteiger partial charge in [0.15, 0.2) is 0 Å². The third-order valence-electron chi connectivity index (χ3n) is 5.52. The number of aryl methyl sites for hydroxylation is 1. The highest BCUT2D eigenvalue weighted by molar-refractivity contribution is 5.81. The Balaban J connectivity index is 1.58. The average Bonchev–Trinajstić information content (AvgIpc) is 2.97. The van der Waals surface area contributed by atoms with Crippen molar-refractivity contribution >= 4 is 5.78 Å². The van der Waals surface area contributed by atoms with Crippen molar-refractivity contribution in [3.8, 4) is 0 Å². The van der Waals surface area contributed by atoms with Crippen LogP contribution in [-0.2, 0) is 17.6 Å². The van der Waals surface area contributed by atoms with E-state index in [1.807, 2.05) is 0 Å². The molecule has 0 spiro atoms. The highest BCUT2D eigenvalue weighted by Crippen LogP contribution is 2.34. The predicted octanol–water partition coefficient (Wildman–Crippen LogP) is 4.99. The molecule has 2 atom stereocenters. The molecule has 0 amide bonds. The number of aromatic nitrogens is 1. The number of unbranched alkanes of at least 4 members (excludes halogenated alkanes) is 3. The Bertz CT molecular complexity index is 522. The quantitative estimate of drug-likeness (QED) is 0.692. The molecule has 1 heterocycles. The van der Waals surface area contributed by atoms with Crippen molar-refractivity contribution < 1.29 is 4.79 Å². The van der Waals surface area contributed by atoms with Gasteiger partial charge in [-0.15, -0.1) is 0 Å². The van der Waals surface area contributed by atoms with Crippen molar-refractivity contribution in [2.75, 3.05) is 0 Å². The Labute approximate surface area is 134 Å². The van der Waals surface area contributed by atoms with Gasteiger partial charge in [0, 0.05) is 30.1 Å². The number of nitrogens with zero attached hydrogens (tertiary/aromatic N) is 1. The van der Waals surface area contributed by atoms with Crippen LogP contribution in [0.4, 0.5) is 0 Å². The lowest BCUT2D eigenvalue weighted by atomic mass is 9.83. The van der Waals surface area contributed by atoms with E-state index in [9.17, 15) is 4.79 Å². The first-order valence-corrected chi connectivity index (χ1v) is 9.26. The minimum atomic E-state index is 0.393. The van der Waals surface area contributed by atoms with E-state index in [1.165, 1.54) is 61.9 Å². The van der Waals surface area contributed by atoms with Crippen LogP contribution in [0.15, 0.2) is 12.1 Å². The third-order valence-corrected chi connectivity index (χ3v) is 5.52. The van der Waals surface area contributed by atoms with Crippen LogP contribution in [0.3, 0.4) is 0 Å². The largest absolute Gasteiger partial charge is 0.300 e. The van der Waals surface area contributed by atoms with Crippen LogP contribution in [0.2, 0.25) is 0 Å². The molecule has 0 aromatic carbocycles. The fourth-order valence-electron chi connectivity index (χ4n) is 4.10. The number of carbonyl (C=O) groups is 1. The van der Waals surface area contributed by atoms with E-state index >= 15 is 0 Å². The van der Waals surface area contributed by atoms with Crippen molar-refractivity contribution in [3.63, 3.8) is 0 Å². The number of hydrogen-bond donors (Lipinski definition) is 0. The fraction of sp³-hybridized carbons (Fsp3) is 0.700. The molecule has 1 aromatic heterocycles. The summed E-state index contributed by atoms with van der Waals surface area (Å²) in [6, 6.07) is 4.50. The second kappa shape index (κ2) is 7.39. The van der Waals surface area contributed by atoms with Crippen LogP contribution >= 0.6 is 0 Å². The van der Waals surface area contributed by atoms with E-state index in [4.69, 9.17) is 4.98 Å². The van der Waals surface area contributed by atoms with Gasteiger partial charge < -0.3 is 0 Å². The molecule has 0 radical (unpaired) electrons. The summed E-state index contributed by atoms with van der Waals surface area (Å²) >= 11 is 0.